The molecule has 0 aliphatic carbocycles. The van der Waals surface area contributed by atoms with Gasteiger partial charge in [-0.15, -0.1) is 0 Å². The van der Waals surface area contributed by atoms with Crippen LogP contribution < -0.4 is 10.1 Å². The third-order valence-electron chi connectivity index (χ3n) is 4.56. The largest absolute Gasteiger partial charge is 0.491 e. The number of Topliss-reactive ketones (excluding diaryl/α,β-unsaturated/α-hetero) is 1. The van der Waals surface area contributed by atoms with Crippen LogP contribution in [-0.4, -0.2) is 35.0 Å². The predicted molar refractivity (Wildman–Crippen MR) is 121 cm³/mol. The Bertz CT molecular complexity index is 1120. The van der Waals surface area contributed by atoms with Crippen molar-refractivity contribution >= 4 is 40.6 Å². The Morgan fingerprint density at radius 1 is 1.10 bits per heavy atom. The molecule has 6 nitrogen and oxygen atoms in total. The zero-order valence-electron chi connectivity index (χ0n) is 16.7. The van der Waals surface area contributed by atoms with Gasteiger partial charge in [0.1, 0.15) is 10.9 Å². The number of rotatable bonds is 9. The molecule has 3 rings (SSSR count). The molecule has 0 saturated heterocycles. The fourth-order valence-corrected chi connectivity index (χ4v) is 3.41. The van der Waals surface area contributed by atoms with Crippen LogP contribution in [0.3, 0.4) is 0 Å². The van der Waals surface area contributed by atoms with Crippen LogP contribution in [0.5, 0.6) is 5.75 Å². The summed E-state index contributed by atoms with van der Waals surface area (Å²) in [7, 11) is 0. The number of anilines is 1. The summed E-state index contributed by atoms with van der Waals surface area (Å²) in [4.78, 5) is 27.6. The van der Waals surface area contributed by atoms with Gasteiger partial charge in [-0.3, -0.25) is 9.59 Å². The van der Waals surface area contributed by atoms with Crippen molar-refractivity contribution in [1.29, 1.82) is 0 Å². The number of nitrogens with zero attached hydrogens (tertiary/aromatic N) is 1. The molecule has 2 N–H and O–H groups in total. The summed E-state index contributed by atoms with van der Waals surface area (Å²) in [5.41, 5.74) is 3.50. The summed E-state index contributed by atoms with van der Waals surface area (Å²) >= 11 is 12.3. The number of ketones is 1. The summed E-state index contributed by atoms with van der Waals surface area (Å²) in [6.45, 7) is 1.96. The van der Waals surface area contributed by atoms with E-state index >= 15 is 0 Å². The molecule has 0 saturated carbocycles. The molecule has 0 aliphatic rings. The molecule has 160 valence electrons. The van der Waals surface area contributed by atoms with Gasteiger partial charge in [0, 0.05) is 27.9 Å². The maximum absolute atomic E-state index is 12.8. The van der Waals surface area contributed by atoms with Crippen LogP contribution >= 0.6 is 23.2 Å². The first-order chi connectivity index (χ1) is 14.8. The van der Waals surface area contributed by atoms with Gasteiger partial charge in [-0.25, -0.2) is 4.98 Å². The van der Waals surface area contributed by atoms with E-state index in [1.54, 1.807) is 54.7 Å². The first kappa shape index (κ1) is 22.6. The lowest BCUT2D eigenvalue weighted by Crippen LogP contribution is -2.15. The highest BCUT2D eigenvalue weighted by Crippen LogP contribution is 2.32. The number of pyridine rings is 1. The Morgan fingerprint density at radius 3 is 2.61 bits per heavy atom. The molecule has 0 bridgehead atoms. The highest BCUT2D eigenvalue weighted by Gasteiger charge is 2.14. The topological polar surface area (TPSA) is 88.5 Å². The molecule has 0 atom stereocenters. The van der Waals surface area contributed by atoms with E-state index in [1.807, 2.05) is 6.92 Å². The normalized spacial score (nSPS) is 10.5. The van der Waals surface area contributed by atoms with E-state index in [1.165, 1.54) is 0 Å². The lowest BCUT2D eigenvalue weighted by atomic mass is 9.99. The SMILES string of the molecule is Cc1cc(Cl)ncc1-c1cc(C(=O)CNc2ccccc2OCCC(=O)O)ccc1Cl. The Hall–Kier alpha value is -3.09. The number of aliphatic carboxylic acids is 1. The Kier molecular flexibility index (Phi) is 7.50. The Balaban J connectivity index is 1.74. The number of aryl methyl sites for hydroxylation is 1. The molecule has 0 aliphatic heterocycles. The van der Waals surface area contributed by atoms with Gasteiger partial charge in [0.2, 0.25) is 0 Å². The number of nitrogens with one attached hydrogen (secondary N) is 1. The zero-order valence-corrected chi connectivity index (χ0v) is 18.2. The lowest BCUT2D eigenvalue weighted by Gasteiger charge is -2.13. The third-order valence-corrected chi connectivity index (χ3v) is 5.09. The van der Waals surface area contributed by atoms with Crippen LogP contribution in [0.15, 0.2) is 54.7 Å². The van der Waals surface area contributed by atoms with Crippen LogP contribution in [0.4, 0.5) is 5.69 Å². The van der Waals surface area contributed by atoms with E-state index in [9.17, 15) is 9.59 Å². The first-order valence-corrected chi connectivity index (χ1v) is 10.2. The second kappa shape index (κ2) is 10.3. The van der Waals surface area contributed by atoms with Crippen molar-refractivity contribution in [2.45, 2.75) is 13.3 Å². The maximum atomic E-state index is 12.8. The number of aromatic nitrogens is 1. The molecule has 0 fully saturated rings. The number of carbonyl (C=O) groups excluding carboxylic acids is 1. The number of halogens is 2. The Labute approximate surface area is 189 Å². The Morgan fingerprint density at radius 2 is 1.87 bits per heavy atom. The number of carbonyl (C=O) groups is 2. The molecule has 8 heteroatoms. The average molecular weight is 459 g/mol. The van der Waals surface area contributed by atoms with E-state index in [4.69, 9.17) is 33.0 Å². The summed E-state index contributed by atoms with van der Waals surface area (Å²) in [6.07, 6.45) is 1.52. The number of para-hydroxylation sites is 2. The van der Waals surface area contributed by atoms with Gasteiger partial charge in [-0.05, 0) is 48.9 Å². The van der Waals surface area contributed by atoms with Gasteiger partial charge in [0.25, 0.3) is 0 Å². The standard InChI is InChI=1S/C23H20Cl2N2O4/c1-14-10-22(25)27-12-17(14)16-11-15(6-7-18(16)24)20(28)13-26-19-4-2-3-5-21(19)31-9-8-23(29)30/h2-7,10-12,26H,8-9,13H2,1H3,(H,29,30). The number of carboxylic acid groups (broad SMARTS) is 1. The van der Waals surface area contributed by atoms with Crippen molar-refractivity contribution in [3.63, 3.8) is 0 Å². The van der Waals surface area contributed by atoms with Crippen molar-refractivity contribution in [1.82, 2.24) is 4.98 Å². The second-order valence-electron chi connectivity index (χ2n) is 6.78. The van der Waals surface area contributed by atoms with Gasteiger partial charge < -0.3 is 15.2 Å². The minimum atomic E-state index is -0.940. The average Bonchev–Trinajstić information content (AvgIpc) is 2.73. The molecule has 1 aromatic heterocycles. The van der Waals surface area contributed by atoms with Crippen LogP contribution in [0.2, 0.25) is 10.2 Å². The minimum Gasteiger partial charge on any atom is -0.491 e. The molecule has 1 heterocycles. The van der Waals surface area contributed by atoms with Gasteiger partial charge in [0.15, 0.2) is 5.78 Å². The summed E-state index contributed by atoms with van der Waals surface area (Å²) in [5.74, 6) is -0.598. The van der Waals surface area contributed by atoms with E-state index in [0.717, 1.165) is 11.1 Å². The highest BCUT2D eigenvalue weighted by molar-refractivity contribution is 6.33. The van der Waals surface area contributed by atoms with Crippen molar-refractivity contribution in [3.05, 3.63) is 76.0 Å². The fourth-order valence-electron chi connectivity index (χ4n) is 2.97. The quantitative estimate of drug-likeness (QED) is 0.324. The van der Waals surface area contributed by atoms with Gasteiger partial charge in [-0.1, -0.05) is 35.3 Å². The van der Waals surface area contributed by atoms with Crippen molar-refractivity contribution in [3.8, 4) is 16.9 Å². The van der Waals surface area contributed by atoms with Crippen LogP contribution in [0.1, 0.15) is 22.3 Å². The van der Waals surface area contributed by atoms with Crippen molar-refractivity contribution in [2.75, 3.05) is 18.5 Å². The third kappa shape index (κ3) is 5.96. The minimum absolute atomic E-state index is 0.0260. The first-order valence-electron chi connectivity index (χ1n) is 9.48. The van der Waals surface area contributed by atoms with Crippen LogP contribution in [-0.2, 0) is 4.79 Å². The molecule has 0 unspecified atom stereocenters. The molecule has 0 amide bonds. The molecule has 0 spiro atoms. The van der Waals surface area contributed by atoms with Crippen molar-refractivity contribution < 1.29 is 19.4 Å². The summed E-state index contributed by atoms with van der Waals surface area (Å²) in [5, 5.41) is 12.7. The van der Waals surface area contributed by atoms with E-state index in [-0.39, 0.29) is 25.4 Å². The van der Waals surface area contributed by atoms with E-state index in [2.05, 4.69) is 10.3 Å². The van der Waals surface area contributed by atoms with Crippen LogP contribution in [0, 0.1) is 6.92 Å². The van der Waals surface area contributed by atoms with Crippen LogP contribution in [0.25, 0.3) is 11.1 Å². The second-order valence-corrected chi connectivity index (χ2v) is 7.58. The number of hydrogen-bond acceptors (Lipinski definition) is 5. The molecule has 3 aromatic rings. The molecule has 0 radical (unpaired) electrons. The zero-order chi connectivity index (χ0) is 22.4. The molecule has 2 aromatic carbocycles. The van der Waals surface area contributed by atoms with E-state index < -0.39 is 5.97 Å². The molecular weight excluding hydrogens is 439 g/mol. The number of benzene rings is 2. The number of carboxylic acids is 1. The smallest absolute Gasteiger partial charge is 0.306 e. The van der Waals surface area contributed by atoms with Gasteiger partial charge in [-0.2, -0.15) is 0 Å². The van der Waals surface area contributed by atoms with Crippen molar-refractivity contribution in [2.24, 2.45) is 0 Å². The highest BCUT2D eigenvalue weighted by atomic mass is 35.5. The molecular formula is C23H20Cl2N2O4. The fraction of sp³-hybridized carbons (Fsp3) is 0.174. The monoisotopic (exact) mass is 458 g/mol. The number of ether oxygens (including phenoxy) is 1. The summed E-state index contributed by atoms with van der Waals surface area (Å²) in [6, 6.07) is 13.9. The lowest BCUT2D eigenvalue weighted by molar-refractivity contribution is -0.137. The maximum Gasteiger partial charge on any atom is 0.306 e. The molecule has 31 heavy (non-hydrogen) atoms. The van der Waals surface area contributed by atoms with Gasteiger partial charge in [0.05, 0.1) is 25.3 Å². The predicted octanol–water partition coefficient (Wildman–Crippen LogP) is 5.51. The van der Waals surface area contributed by atoms with E-state index in [0.29, 0.717) is 32.7 Å². The van der Waals surface area contributed by atoms with Gasteiger partial charge >= 0.3 is 5.97 Å². The summed E-state index contributed by atoms with van der Waals surface area (Å²) < 4.78 is 5.51. The number of hydrogen-bond donors (Lipinski definition) is 2.